The van der Waals surface area contributed by atoms with Gasteiger partial charge in [0, 0.05) is 19.3 Å². The van der Waals surface area contributed by atoms with Crippen LogP contribution in [0, 0.1) is 0 Å². The summed E-state index contributed by atoms with van der Waals surface area (Å²) in [6, 6.07) is 5.78. The Bertz CT molecular complexity index is 581. The minimum absolute atomic E-state index is 0.245. The lowest BCUT2D eigenvalue weighted by atomic mass is 10.1. The molecule has 0 bridgehead atoms. The zero-order valence-electron chi connectivity index (χ0n) is 11.9. The van der Waals surface area contributed by atoms with E-state index in [1.54, 1.807) is 6.20 Å². The summed E-state index contributed by atoms with van der Waals surface area (Å²) in [4.78, 5) is 19.2. The van der Waals surface area contributed by atoms with Crippen LogP contribution in [0.3, 0.4) is 0 Å². The van der Waals surface area contributed by atoms with Crippen LogP contribution in [0.4, 0.5) is 17.8 Å². The van der Waals surface area contributed by atoms with Gasteiger partial charge < -0.3 is 16.0 Å². The largest absolute Gasteiger partial charge is 0.368 e. The van der Waals surface area contributed by atoms with Gasteiger partial charge in [0.15, 0.2) is 0 Å². The maximum atomic E-state index is 5.79. The highest BCUT2D eigenvalue weighted by Gasteiger charge is 2.15. The number of hydrogen-bond donors (Lipinski definition) is 2. The molecule has 110 valence electrons. The topological polar surface area (TPSA) is 92.8 Å². The molecule has 0 radical (unpaired) electrons. The SMILES string of the molecule is Nc1nc(NCc2ccccn2)nc(N2CCCCC2)n1. The van der Waals surface area contributed by atoms with Gasteiger partial charge in [-0.15, -0.1) is 0 Å². The zero-order valence-corrected chi connectivity index (χ0v) is 11.9. The van der Waals surface area contributed by atoms with Crippen molar-refractivity contribution < 1.29 is 0 Å². The van der Waals surface area contributed by atoms with E-state index < -0.39 is 0 Å². The van der Waals surface area contributed by atoms with Gasteiger partial charge in [0.1, 0.15) is 0 Å². The minimum atomic E-state index is 0.245. The molecule has 0 aromatic carbocycles. The average molecular weight is 285 g/mol. The van der Waals surface area contributed by atoms with Crippen molar-refractivity contribution in [1.29, 1.82) is 0 Å². The number of hydrogen-bond acceptors (Lipinski definition) is 7. The molecule has 0 unspecified atom stereocenters. The van der Waals surface area contributed by atoms with E-state index in [-0.39, 0.29) is 5.95 Å². The maximum Gasteiger partial charge on any atom is 0.231 e. The third-order valence-electron chi connectivity index (χ3n) is 3.43. The summed E-state index contributed by atoms with van der Waals surface area (Å²) in [6.07, 6.45) is 5.37. The fourth-order valence-electron chi connectivity index (χ4n) is 2.37. The van der Waals surface area contributed by atoms with E-state index in [2.05, 4.69) is 30.2 Å². The first-order chi connectivity index (χ1) is 10.3. The molecule has 0 atom stereocenters. The summed E-state index contributed by atoms with van der Waals surface area (Å²) in [5, 5.41) is 3.15. The van der Waals surface area contributed by atoms with E-state index in [1.165, 1.54) is 19.3 Å². The Labute approximate surface area is 123 Å². The maximum absolute atomic E-state index is 5.79. The minimum Gasteiger partial charge on any atom is -0.368 e. The second-order valence-corrected chi connectivity index (χ2v) is 5.04. The molecule has 3 heterocycles. The standard InChI is InChI=1S/C14H19N7/c15-12-18-13(17-10-11-6-2-3-7-16-11)20-14(19-12)21-8-4-1-5-9-21/h2-3,6-7H,1,4-5,8-10H2,(H3,15,17,18,19,20). The number of anilines is 3. The highest BCUT2D eigenvalue weighted by molar-refractivity contribution is 5.42. The molecule has 1 aliphatic heterocycles. The molecule has 0 amide bonds. The second-order valence-electron chi connectivity index (χ2n) is 5.04. The number of nitrogens with one attached hydrogen (secondary N) is 1. The predicted molar refractivity (Wildman–Crippen MR) is 81.9 cm³/mol. The summed E-state index contributed by atoms with van der Waals surface area (Å²) in [6.45, 7) is 2.51. The Kier molecular flexibility index (Phi) is 4.09. The summed E-state index contributed by atoms with van der Waals surface area (Å²) in [5.41, 5.74) is 6.72. The van der Waals surface area contributed by atoms with Crippen LogP contribution in [-0.2, 0) is 6.54 Å². The number of pyridine rings is 1. The molecule has 0 saturated carbocycles. The van der Waals surface area contributed by atoms with E-state index in [0.717, 1.165) is 18.8 Å². The van der Waals surface area contributed by atoms with Crippen LogP contribution in [0.1, 0.15) is 25.0 Å². The van der Waals surface area contributed by atoms with Crippen molar-refractivity contribution in [3.63, 3.8) is 0 Å². The Morgan fingerprint density at radius 2 is 1.95 bits per heavy atom. The smallest absolute Gasteiger partial charge is 0.231 e. The first-order valence-corrected chi connectivity index (χ1v) is 7.21. The van der Waals surface area contributed by atoms with Crippen molar-refractivity contribution in [3.05, 3.63) is 30.1 Å². The van der Waals surface area contributed by atoms with Crippen LogP contribution in [0.5, 0.6) is 0 Å². The van der Waals surface area contributed by atoms with Crippen molar-refractivity contribution in [2.75, 3.05) is 29.0 Å². The molecular weight excluding hydrogens is 266 g/mol. The van der Waals surface area contributed by atoms with Gasteiger partial charge in [-0.05, 0) is 31.4 Å². The third kappa shape index (κ3) is 3.56. The molecule has 3 rings (SSSR count). The molecule has 2 aromatic heterocycles. The molecule has 7 nitrogen and oxygen atoms in total. The van der Waals surface area contributed by atoms with E-state index in [1.807, 2.05) is 18.2 Å². The molecule has 21 heavy (non-hydrogen) atoms. The number of aromatic nitrogens is 4. The van der Waals surface area contributed by atoms with Crippen LogP contribution >= 0.6 is 0 Å². The van der Waals surface area contributed by atoms with Crippen LogP contribution in [0.25, 0.3) is 0 Å². The van der Waals surface area contributed by atoms with Gasteiger partial charge in [0.25, 0.3) is 0 Å². The summed E-state index contributed by atoms with van der Waals surface area (Å²) >= 11 is 0. The van der Waals surface area contributed by atoms with Gasteiger partial charge in [-0.1, -0.05) is 6.07 Å². The Morgan fingerprint density at radius 3 is 2.71 bits per heavy atom. The first-order valence-electron chi connectivity index (χ1n) is 7.21. The van der Waals surface area contributed by atoms with Gasteiger partial charge in [0.2, 0.25) is 17.8 Å². The van der Waals surface area contributed by atoms with Crippen molar-refractivity contribution in [3.8, 4) is 0 Å². The van der Waals surface area contributed by atoms with Crippen molar-refractivity contribution >= 4 is 17.8 Å². The normalized spacial score (nSPS) is 15.0. The molecule has 7 heteroatoms. The van der Waals surface area contributed by atoms with Crippen LogP contribution < -0.4 is 16.0 Å². The van der Waals surface area contributed by atoms with Crippen LogP contribution in [0.15, 0.2) is 24.4 Å². The molecular formula is C14H19N7. The van der Waals surface area contributed by atoms with Crippen molar-refractivity contribution in [2.24, 2.45) is 0 Å². The number of piperidine rings is 1. The highest BCUT2D eigenvalue weighted by Crippen LogP contribution is 2.17. The second kappa shape index (κ2) is 6.34. The van der Waals surface area contributed by atoms with E-state index >= 15 is 0 Å². The first kappa shape index (κ1) is 13.5. The number of nitrogen functional groups attached to an aromatic ring is 1. The van der Waals surface area contributed by atoms with E-state index in [4.69, 9.17) is 5.73 Å². The fraction of sp³-hybridized carbons (Fsp3) is 0.429. The molecule has 0 aliphatic carbocycles. The lowest BCUT2D eigenvalue weighted by molar-refractivity contribution is 0.568. The quantitative estimate of drug-likeness (QED) is 0.878. The van der Waals surface area contributed by atoms with Gasteiger partial charge in [-0.25, -0.2) is 0 Å². The molecule has 1 fully saturated rings. The Balaban J connectivity index is 1.71. The fourth-order valence-corrected chi connectivity index (χ4v) is 2.37. The van der Waals surface area contributed by atoms with Crippen molar-refractivity contribution in [1.82, 2.24) is 19.9 Å². The molecule has 1 saturated heterocycles. The van der Waals surface area contributed by atoms with Crippen LogP contribution in [0.2, 0.25) is 0 Å². The molecule has 1 aliphatic rings. The third-order valence-corrected chi connectivity index (χ3v) is 3.43. The molecule has 2 aromatic rings. The van der Waals surface area contributed by atoms with Crippen molar-refractivity contribution in [2.45, 2.75) is 25.8 Å². The number of rotatable bonds is 4. The Hall–Kier alpha value is -2.44. The average Bonchev–Trinajstić information content (AvgIpc) is 2.54. The Morgan fingerprint density at radius 1 is 1.10 bits per heavy atom. The van der Waals surface area contributed by atoms with Gasteiger partial charge in [-0.3, -0.25) is 4.98 Å². The van der Waals surface area contributed by atoms with Gasteiger partial charge >= 0.3 is 0 Å². The van der Waals surface area contributed by atoms with E-state index in [0.29, 0.717) is 18.4 Å². The number of nitrogens with zero attached hydrogens (tertiary/aromatic N) is 5. The lowest BCUT2D eigenvalue weighted by Gasteiger charge is -2.26. The van der Waals surface area contributed by atoms with Gasteiger partial charge in [-0.2, -0.15) is 15.0 Å². The zero-order chi connectivity index (χ0) is 14.5. The monoisotopic (exact) mass is 285 g/mol. The predicted octanol–water partition coefficient (Wildman–Crippen LogP) is 1.45. The highest BCUT2D eigenvalue weighted by atomic mass is 15.3. The number of nitrogens with two attached hydrogens (primary N) is 1. The summed E-state index contributed by atoms with van der Waals surface area (Å²) in [5.74, 6) is 1.40. The van der Waals surface area contributed by atoms with E-state index in [9.17, 15) is 0 Å². The van der Waals surface area contributed by atoms with Crippen LogP contribution in [-0.4, -0.2) is 33.0 Å². The summed E-state index contributed by atoms with van der Waals surface area (Å²) < 4.78 is 0. The lowest BCUT2D eigenvalue weighted by Crippen LogP contribution is -2.31. The summed E-state index contributed by atoms with van der Waals surface area (Å²) in [7, 11) is 0. The molecule has 0 spiro atoms. The van der Waals surface area contributed by atoms with Gasteiger partial charge in [0.05, 0.1) is 12.2 Å². The molecule has 3 N–H and O–H groups in total.